The zero-order valence-electron chi connectivity index (χ0n) is 15.7. The first-order chi connectivity index (χ1) is 14.1. The molecular formula is C22H18BrN3O3. The van der Waals surface area contributed by atoms with E-state index in [0.717, 1.165) is 20.8 Å². The molecule has 0 aliphatic heterocycles. The summed E-state index contributed by atoms with van der Waals surface area (Å²) in [4.78, 5) is 12.2. The lowest BCUT2D eigenvalue weighted by molar-refractivity contribution is -0.120. The lowest BCUT2D eigenvalue weighted by Gasteiger charge is -2.04. The highest BCUT2D eigenvalue weighted by molar-refractivity contribution is 9.10. The Morgan fingerprint density at radius 3 is 2.69 bits per heavy atom. The van der Waals surface area contributed by atoms with Gasteiger partial charge in [0.2, 0.25) is 5.88 Å². The van der Waals surface area contributed by atoms with Crippen molar-refractivity contribution >= 4 is 49.2 Å². The van der Waals surface area contributed by atoms with Crippen LogP contribution in [0.1, 0.15) is 6.92 Å². The Balaban J connectivity index is 1.52. The van der Waals surface area contributed by atoms with Gasteiger partial charge in [-0.25, -0.2) is 0 Å². The summed E-state index contributed by atoms with van der Waals surface area (Å²) < 4.78 is 8.11. The molecule has 1 heterocycles. The van der Waals surface area contributed by atoms with Crippen LogP contribution in [0.2, 0.25) is 0 Å². The summed E-state index contributed by atoms with van der Waals surface area (Å²) in [5, 5.41) is 21.1. The van der Waals surface area contributed by atoms with Crippen LogP contribution in [-0.2, 0) is 11.3 Å². The van der Waals surface area contributed by atoms with Gasteiger partial charge in [-0.05, 0) is 48.0 Å². The van der Waals surface area contributed by atoms with E-state index in [0.29, 0.717) is 17.7 Å². The van der Waals surface area contributed by atoms with E-state index in [1.165, 1.54) is 0 Å². The summed E-state index contributed by atoms with van der Waals surface area (Å²) >= 11 is 3.42. The van der Waals surface area contributed by atoms with E-state index in [1.54, 1.807) is 4.57 Å². The Kier molecular flexibility index (Phi) is 5.31. The molecular weight excluding hydrogens is 434 g/mol. The summed E-state index contributed by atoms with van der Waals surface area (Å²) in [6, 6.07) is 19.1. The highest BCUT2D eigenvalue weighted by Crippen LogP contribution is 2.40. The third-order valence-corrected chi connectivity index (χ3v) is 5.13. The van der Waals surface area contributed by atoms with Crippen molar-refractivity contribution in [3.05, 3.63) is 65.1 Å². The molecule has 0 saturated carbocycles. The molecule has 7 heteroatoms. The average molecular weight is 452 g/mol. The van der Waals surface area contributed by atoms with Gasteiger partial charge in [0, 0.05) is 16.4 Å². The van der Waals surface area contributed by atoms with Crippen LogP contribution in [-0.4, -0.2) is 22.2 Å². The summed E-state index contributed by atoms with van der Waals surface area (Å²) in [6.07, 6.45) is 0. The molecule has 4 rings (SSSR count). The third kappa shape index (κ3) is 3.86. The second kappa shape index (κ2) is 8.05. The minimum Gasteiger partial charge on any atom is -0.493 e. The Morgan fingerprint density at radius 1 is 1.10 bits per heavy atom. The van der Waals surface area contributed by atoms with Gasteiger partial charge in [-0.15, -0.1) is 10.2 Å². The number of hydrogen-bond acceptors (Lipinski definition) is 4. The number of azo groups is 1. The Hall–Kier alpha value is -3.19. The second-order valence-corrected chi connectivity index (χ2v) is 7.38. The van der Waals surface area contributed by atoms with Crippen molar-refractivity contribution in [3.63, 3.8) is 0 Å². The van der Waals surface area contributed by atoms with E-state index in [9.17, 15) is 9.90 Å². The predicted molar refractivity (Wildman–Crippen MR) is 116 cm³/mol. The third-order valence-electron chi connectivity index (χ3n) is 4.63. The number of benzene rings is 3. The molecule has 146 valence electrons. The Labute approximate surface area is 175 Å². The first-order valence-corrected chi connectivity index (χ1v) is 9.93. The fourth-order valence-corrected chi connectivity index (χ4v) is 3.61. The standard InChI is InChI=1S/C22H18BrN3O3/c1-2-26-19-10-8-16(23)12-18(19)21(22(26)28)25-24-20(27)13-29-17-9-7-14-5-3-4-6-15(14)11-17/h3-12,28H,2,13H2,1H3. The summed E-state index contributed by atoms with van der Waals surface area (Å²) in [5.74, 6) is 0.0270. The van der Waals surface area contributed by atoms with Gasteiger partial charge < -0.3 is 14.4 Å². The lowest BCUT2D eigenvalue weighted by atomic mass is 10.1. The number of carbonyl (C=O) groups excluding carboxylic acids is 1. The minimum atomic E-state index is -0.537. The number of halogens is 1. The minimum absolute atomic E-state index is 0.0207. The zero-order chi connectivity index (χ0) is 20.4. The largest absolute Gasteiger partial charge is 0.493 e. The Bertz CT molecular complexity index is 1250. The monoisotopic (exact) mass is 451 g/mol. The van der Waals surface area contributed by atoms with Crippen LogP contribution in [0.4, 0.5) is 5.69 Å². The molecule has 0 atom stereocenters. The first-order valence-electron chi connectivity index (χ1n) is 9.13. The van der Waals surface area contributed by atoms with Gasteiger partial charge in [0.15, 0.2) is 12.3 Å². The summed E-state index contributed by atoms with van der Waals surface area (Å²) in [6.45, 7) is 2.25. The molecule has 4 aromatic rings. The summed E-state index contributed by atoms with van der Waals surface area (Å²) in [7, 11) is 0. The normalized spacial score (nSPS) is 11.5. The lowest BCUT2D eigenvalue weighted by Crippen LogP contribution is -2.07. The SMILES string of the molecule is CCn1c(O)c(N=NC(=O)COc2ccc3ccccc3c2)c2cc(Br)ccc21. The van der Waals surface area contributed by atoms with Crippen molar-refractivity contribution in [2.45, 2.75) is 13.5 Å². The van der Waals surface area contributed by atoms with Gasteiger partial charge in [0.1, 0.15) is 5.75 Å². The maximum absolute atomic E-state index is 12.2. The number of aryl methyl sites for hydroxylation is 1. The molecule has 0 unspecified atom stereocenters. The van der Waals surface area contributed by atoms with Gasteiger partial charge >= 0.3 is 5.91 Å². The molecule has 1 amide bonds. The zero-order valence-corrected chi connectivity index (χ0v) is 17.3. The molecule has 29 heavy (non-hydrogen) atoms. The van der Waals surface area contributed by atoms with Crippen molar-refractivity contribution < 1.29 is 14.6 Å². The van der Waals surface area contributed by atoms with Crippen molar-refractivity contribution in [1.82, 2.24) is 4.57 Å². The van der Waals surface area contributed by atoms with Crippen molar-refractivity contribution in [2.24, 2.45) is 10.2 Å². The molecule has 0 spiro atoms. The van der Waals surface area contributed by atoms with Crippen molar-refractivity contribution in [1.29, 1.82) is 0 Å². The van der Waals surface area contributed by atoms with Gasteiger partial charge in [0.25, 0.3) is 0 Å². The number of hydrogen-bond donors (Lipinski definition) is 1. The maximum atomic E-state index is 12.2. The van der Waals surface area contributed by atoms with E-state index >= 15 is 0 Å². The molecule has 0 saturated heterocycles. The first kappa shape index (κ1) is 19.1. The van der Waals surface area contributed by atoms with Gasteiger partial charge in [-0.1, -0.05) is 46.3 Å². The van der Waals surface area contributed by atoms with Crippen LogP contribution < -0.4 is 4.74 Å². The van der Waals surface area contributed by atoms with Crippen LogP contribution in [0.3, 0.4) is 0 Å². The van der Waals surface area contributed by atoms with E-state index in [2.05, 4.69) is 26.2 Å². The van der Waals surface area contributed by atoms with Crippen molar-refractivity contribution in [3.8, 4) is 11.6 Å². The van der Waals surface area contributed by atoms with Crippen LogP contribution in [0.5, 0.6) is 11.6 Å². The molecule has 1 N–H and O–H groups in total. The molecule has 0 radical (unpaired) electrons. The van der Waals surface area contributed by atoms with E-state index in [4.69, 9.17) is 4.74 Å². The Morgan fingerprint density at radius 2 is 1.90 bits per heavy atom. The topological polar surface area (TPSA) is 76.2 Å². The van der Waals surface area contributed by atoms with Gasteiger partial charge in [-0.3, -0.25) is 4.79 Å². The molecule has 3 aromatic carbocycles. The van der Waals surface area contributed by atoms with E-state index < -0.39 is 5.91 Å². The number of nitrogens with zero attached hydrogens (tertiary/aromatic N) is 3. The quantitative estimate of drug-likeness (QED) is 0.379. The van der Waals surface area contributed by atoms with Crippen LogP contribution in [0.15, 0.2) is 75.4 Å². The second-order valence-electron chi connectivity index (χ2n) is 6.47. The smallest absolute Gasteiger partial charge is 0.302 e. The van der Waals surface area contributed by atoms with Crippen LogP contribution in [0, 0.1) is 0 Å². The van der Waals surface area contributed by atoms with E-state index in [1.807, 2.05) is 67.6 Å². The van der Waals surface area contributed by atoms with Crippen LogP contribution in [0.25, 0.3) is 21.7 Å². The average Bonchev–Trinajstić information content (AvgIpc) is 3.00. The number of aromatic nitrogens is 1. The molecule has 0 fully saturated rings. The summed E-state index contributed by atoms with van der Waals surface area (Å²) in [5.41, 5.74) is 1.09. The van der Waals surface area contributed by atoms with Gasteiger partial charge in [-0.2, -0.15) is 0 Å². The fraction of sp³-hybridized carbons (Fsp3) is 0.136. The molecule has 0 bridgehead atoms. The van der Waals surface area contributed by atoms with E-state index in [-0.39, 0.29) is 18.2 Å². The number of ether oxygens (including phenoxy) is 1. The van der Waals surface area contributed by atoms with Gasteiger partial charge in [0.05, 0.1) is 5.52 Å². The molecule has 0 aliphatic rings. The maximum Gasteiger partial charge on any atom is 0.302 e. The highest BCUT2D eigenvalue weighted by atomic mass is 79.9. The molecule has 6 nitrogen and oxygen atoms in total. The molecule has 0 aliphatic carbocycles. The number of carbonyl (C=O) groups is 1. The highest BCUT2D eigenvalue weighted by Gasteiger charge is 2.16. The molecule has 1 aromatic heterocycles. The number of fused-ring (bicyclic) bond motifs is 2. The van der Waals surface area contributed by atoms with Crippen LogP contribution >= 0.6 is 15.9 Å². The number of amides is 1. The number of aromatic hydroxyl groups is 1. The predicted octanol–water partition coefficient (Wildman–Crippen LogP) is 5.97. The number of rotatable bonds is 5. The van der Waals surface area contributed by atoms with Crippen molar-refractivity contribution in [2.75, 3.05) is 6.61 Å². The fourth-order valence-electron chi connectivity index (χ4n) is 3.25.